The Bertz CT molecular complexity index is 357. The molecule has 2 fully saturated rings. The molecular formula is C14H25N3O2. The molecule has 1 aliphatic carbocycles. The molecule has 0 aromatic heterocycles. The highest BCUT2D eigenvalue weighted by Crippen LogP contribution is 2.43. The van der Waals surface area contributed by atoms with Crippen LogP contribution in [-0.4, -0.2) is 37.5 Å². The van der Waals surface area contributed by atoms with Gasteiger partial charge in [0.15, 0.2) is 0 Å². The minimum Gasteiger partial charge on any atom is -0.352 e. The van der Waals surface area contributed by atoms with E-state index >= 15 is 0 Å². The average molecular weight is 267 g/mol. The molecule has 108 valence electrons. The van der Waals surface area contributed by atoms with Crippen LogP contribution in [0.15, 0.2) is 0 Å². The second-order valence-corrected chi connectivity index (χ2v) is 6.13. The van der Waals surface area contributed by atoms with Crippen LogP contribution in [-0.2, 0) is 9.59 Å². The molecule has 5 nitrogen and oxygen atoms in total. The van der Waals surface area contributed by atoms with Crippen molar-refractivity contribution < 1.29 is 9.59 Å². The molecule has 0 bridgehead atoms. The van der Waals surface area contributed by atoms with E-state index in [0.29, 0.717) is 5.92 Å². The summed E-state index contributed by atoms with van der Waals surface area (Å²) >= 11 is 0. The quantitative estimate of drug-likeness (QED) is 0.691. The summed E-state index contributed by atoms with van der Waals surface area (Å²) in [7, 11) is 0. The maximum Gasteiger partial charge on any atom is 0.239 e. The highest BCUT2D eigenvalue weighted by molar-refractivity contribution is 5.88. The van der Waals surface area contributed by atoms with Crippen LogP contribution in [0.1, 0.15) is 39.5 Å². The minimum absolute atomic E-state index is 0.0566. The fourth-order valence-corrected chi connectivity index (χ4v) is 3.40. The molecule has 3 N–H and O–H groups in total. The first-order valence-corrected chi connectivity index (χ1v) is 7.33. The highest BCUT2D eigenvalue weighted by Gasteiger charge is 2.49. The van der Waals surface area contributed by atoms with Crippen molar-refractivity contribution in [3.63, 3.8) is 0 Å². The van der Waals surface area contributed by atoms with Gasteiger partial charge in [-0.3, -0.25) is 9.59 Å². The van der Waals surface area contributed by atoms with Gasteiger partial charge in [0, 0.05) is 12.6 Å². The van der Waals surface area contributed by atoms with Gasteiger partial charge in [-0.1, -0.05) is 12.8 Å². The summed E-state index contributed by atoms with van der Waals surface area (Å²) in [5.74, 6) is 0.383. The zero-order valence-electron chi connectivity index (χ0n) is 11.9. The number of carbonyl (C=O) groups is 2. The Balaban J connectivity index is 1.90. The zero-order chi connectivity index (χ0) is 13.9. The zero-order valence-corrected chi connectivity index (χ0v) is 11.9. The maximum absolute atomic E-state index is 12.5. The van der Waals surface area contributed by atoms with Crippen LogP contribution in [0.4, 0.5) is 0 Å². The molecule has 1 saturated heterocycles. The van der Waals surface area contributed by atoms with Crippen molar-refractivity contribution in [3.05, 3.63) is 0 Å². The molecule has 1 saturated carbocycles. The van der Waals surface area contributed by atoms with Crippen LogP contribution < -0.4 is 16.0 Å². The average Bonchev–Trinajstić information content (AvgIpc) is 2.80. The lowest BCUT2D eigenvalue weighted by molar-refractivity contribution is -0.136. The standard InChI is InChI=1S/C14H25N3O2/c1-10(2)17-12(18)8-16-13(19)14-6-4-3-5-11(14)7-15-9-14/h10-11,15H,3-9H2,1-2H3,(H,16,19)(H,17,18)/t11-,14+/m0/s1. The van der Waals surface area contributed by atoms with Crippen LogP contribution in [0.3, 0.4) is 0 Å². The Kier molecular flexibility index (Phi) is 4.45. The Labute approximate surface area is 114 Å². The number of rotatable bonds is 4. The van der Waals surface area contributed by atoms with Crippen LogP contribution in [0.5, 0.6) is 0 Å². The van der Waals surface area contributed by atoms with Crippen molar-refractivity contribution in [2.24, 2.45) is 11.3 Å². The van der Waals surface area contributed by atoms with Gasteiger partial charge in [-0.05, 0) is 39.2 Å². The van der Waals surface area contributed by atoms with Crippen LogP contribution >= 0.6 is 0 Å². The van der Waals surface area contributed by atoms with E-state index in [1.807, 2.05) is 13.8 Å². The first kappa shape index (κ1) is 14.3. The lowest BCUT2D eigenvalue weighted by Crippen LogP contribution is -2.50. The normalized spacial score (nSPS) is 29.9. The third-order valence-corrected chi connectivity index (χ3v) is 4.35. The number of amides is 2. The number of fused-ring (bicyclic) bond motifs is 1. The number of nitrogens with one attached hydrogen (secondary N) is 3. The Morgan fingerprint density at radius 2 is 2.16 bits per heavy atom. The van der Waals surface area contributed by atoms with E-state index in [9.17, 15) is 9.59 Å². The van der Waals surface area contributed by atoms with Crippen molar-refractivity contribution in [1.82, 2.24) is 16.0 Å². The van der Waals surface area contributed by atoms with Gasteiger partial charge in [0.2, 0.25) is 11.8 Å². The number of hydrogen-bond acceptors (Lipinski definition) is 3. The first-order valence-electron chi connectivity index (χ1n) is 7.33. The van der Waals surface area contributed by atoms with Crippen LogP contribution in [0, 0.1) is 11.3 Å². The molecule has 2 amide bonds. The molecule has 5 heteroatoms. The van der Waals surface area contributed by atoms with Gasteiger partial charge in [0.25, 0.3) is 0 Å². The van der Waals surface area contributed by atoms with Crippen molar-refractivity contribution >= 4 is 11.8 Å². The van der Waals surface area contributed by atoms with Gasteiger partial charge in [-0.25, -0.2) is 0 Å². The van der Waals surface area contributed by atoms with E-state index in [2.05, 4.69) is 16.0 Å². The Morgan fingerprint density at radius 1 is 1.37 bits per heavy atom. The lowest BCUT2D eigenvalue weighted by atomic mass is 9.67. The van der Waals surface area contributed by atoms with Crippen molar-refractivity contribution in [2.45, 2.75) is 45.6 Å². The Hall–Kier alpha value is -1.10. The molecule has 19 heavy (non-hydrogen) atoms. The van der Waals surface area contributed by atoms with E-state index in [1.54, 1.807) is 0 Å². The van der Waals surface area contributed by atoms with Gasteiger partial charge >= 0.3 is 0 Å². The second kappa shape index (κ2) is 5.90. The molecule has 1 aliphatic heterocycles. The highest BCUT2D eigenvalue weighted by atomic mass is 16.2. The van der Waals surface area contributed by atoms with E-state index in [-0.39, 0.29) is 29.8 Å². The molecule has 1 heterocycles. The molecule has 0 aromatic rings. The van der Waals surface area contributed by atoms with Gasteiger partial charge in [-0.2, -0.15) is 0 Å². The topological polar surface area (TPSA) is 70.2 Å². The van der Waals surface area contributed by atoms with E-state index in [0.717, 1.165) is 32.4 Å². The second-order valence-electron chi connectivity index (χ2n) is 6.13. The molecule has 2 aliphatic rings. The van der Waals surface area contributed by atoms with Gasteiger partial charge in [-0.15, -0.1) is 0 Å². The molecule has 2 atom stereocenters. The van der Waals surface area contributed by atoms with Crippen molar-refractivity contribution in [2.75, 3.05) is 19.6 Å². The maximum atomic E-state index is 12.5. The summed E-state index contributed by atoms with van der Waals surface area (Å²) in [6.45, 7) is 5.61. The molecule has 0 unspecified atom stereocenters. The number of hydrogen-bond donors (Lipinski definition) is 3. The van der Waals surface area contributed by atoms with Gasteiger partial charge in [0.1, 0.15) is 0 Å². The summed E-state index contributed by atoms with van der Waals surface area (Å²) in [6.07, 6.45) is 4.40. The summed E-state index contributed by atoms with van der Waals surface area (Å²) in [5, 5.41) is 8.96. The largest absolute Gasteiger partial charge is 0.352 e. The van der Waals surface area contributed by atoms with Crippen LogP contribution in [0.2, 0.25) is 0 Å². The molecule has 0 aromatic carbocycles. The predicted octanol–water partition coefficient (Wildman–Crippen LogP) is 0.407. The monoisotopic (exact) mass is 267 g/mol. The molecule has 0 spiro atoms. The summed E-state index contributed by atoms with van der Waals surface area (Å²) in [4.78, 5) is 24.0. The fraction of sp³-hybridized carbons (Fsp3) is 0.857. The van der Waals surface area contributed by atoms with Crippen molar-refractivity contribution in [3.8, 4) is 0 Å². The predicted molar refractivity (Wildman–Crippen MR) is 73.5 cm³/mol. The lowest BCUT2D eigenvalue weighted by Gasteiger charge is -2.37. The Morgan fingerprint density at radius 3 is 2.89 bits per heavy atom. The van der Waals surface area contributed by atoms with Crippen molar-refractivity contribution in [1.29, 1.82) is 0 Å². The SMILES string of the molecule is CC(C)NC(=O)CNC(=O)[C@@]12CCCC[C@H]1CNC2. The summed E-state index contributed by atoms with van der Waals surface area (Å²) in [5.41, 5.74) is -0.267. The summed E-state index contributed by atoms with van der Waals surface area (Å²) in [6, 6.07) is 0.109. The summed E-state index contributed by atoms with van der Waals surface area (Å²) < 4.78 is 0. The smallest absolute Gasteiger partial charge is 0.239 e. The van der Waals surface area contributed by atoms with E-state index < -0.39 is 0 Å². The third-order valence-electron chi connectivity index (χ3n) is 4.35. The van der Waals surface area contributed by atoms with Crippen LogP contribution in [0.25, 0.3) is 0 Å². The molecule has 2 rings (SSSR count). The van der Waals surface area contributed by atoms with E-state index in [4.69, 9.17) is 0 Å². The minimum atomic E-state index is -0.267. The van der Waals surface area contributed by atoms with E-state index in [1.165, 1.54) is 6.42 Å². The fourth-order valence-electron chi connectivity index (χ4n) is 3.40. The third kappa shape index (κ3) is 3.08. The first-order chi connectivity index (χ1) is 9.04. The molecular weight excluding hydrogens is 242 g/mol. The number of carbonyl (C=O) groups excluding carboxylic acids is 2. The van der Waals surface area contributed by atoms with Gasteiger partial charge in [0.05, 0.1) is 12.0 Å². The van der Waals surface area contributed by atoms with Gasteiger partial charge < -0.3 is 16.0 Å². The molecule has 0 radical (unpaired) electrons.